The second kappa shape index (κ2) is 4.55. The Hall–Kier alpha value is -0.900. The normalized spacial score (nSPS) is 17.5. The van der Waals surface area contributed by atoms with E-state index in [1.807, 2.05) is 6.08 Å². The number of hydrogen-bond acceptors (Lipinski definition) is 2. The first-order chi connectivity index (χ1) is 6.50. The third kappa shape index (κ3) is 3.46. The number of hydrogen-bond donors (Lipinski definition) is 2. The molecule has 3 nitrogen and oxygen atoms in total. The van der Waals surface area contributed by atoms with Gasteiger partial charge in [0.1, 0.15) is 0 Å². The molecule has 4 heteroatoms. The molecule has 1 aliphatic rings. The van der Waals surface area contributed by atoms with Crippen molar-refractivity contribution in [1.82, 2.24) is 10.6 Å². The van der Waals surface area contributed by atoms with Gasteiger partial charge in [-0.1, -0.05) is 11.6 Å². The number of rotatable bonds is 3. The Balaban J connectivity index is 2.33. The van der Waals surface area contributed by atoms with E-state index in [0.717, 1.165) is 19.5 Å². The maximum atomic E-state index is 13.1. The largest absolute Gasteiger partial charge is 0.350 e. The van der Waals surface area contributed by atoms with Gasteiger partial charge in [-0.25, -0.2) is 4.39 Å². The summed E-state index contributed by atoms with van der Waals surface area (Å²) in [5.74, 6) is -0.545. The van der Waals surface area contributed by atoms with Gasteiger partial charge in [0.25, 0.3) is 5.91 Å². The summed E-state index contributed by atoms with van der Waals surface area (Å²) in [7, 11) is 0. The summed E-state index contributed by atoms with van der Waals surface area (Å²) >= 11 is 0. The topological polar surface area (TPSA) is 41.1 Å². The van der Waals surface area contributed by atoms with E-state index in [1.54, 1.807) is 0 Å². The van der Waals surface area contributed by atoms with Gasteiger partial charge in [-0.05, 0) is 26.8 Å². The van der Waals surface area contributed by atoms with Gasteiger partial charge in [0.05, 0.1) is 0 Å². The van der Waals surface area contributed by atoms with Crippen LogP contribution < -0.4 is 10.6 Å². The highest BCUT2D eigenvalue weighted by Gasteiger charge is 2.26. The van der Waals surface area contributed by atoms with Crippen LogP contribution in [0.15, 0.2) is 11.6 Å². The second-order valence-corrected chi connectivity index (χ2v) is 3.97. The summed E-state index contributed by atoms with van der Waals surface area (Å²) in [4.78, 5) is 11.2. The lowest BCUT2D eigenvalue weighted by molar-refractivity contribution is -0.130. The van der Waals surface area contributed by atoms with Crippen LogP contribution in [-0.4, -0.2) is 31.2 Å². The predicted octanol–water partition coefficient (Wildman–Crippen LogP) is 0.770. The highest BCUT2D eigenvalue weighted by molar-refractivity contribution is 5.84. The maximum absolute atomic E-state index is 13.1. The first-order valence-electron chi connectivity index (χ1n) is 4.86. The summed E-state index contributed by atoms with van der Waals surface area (Å²) in [6, 6.07) is 0. The molecule has 0 atom stereocenters. The zero-order valence-electron chi connectivity index (χ0n) is 8.69. The molecule has 0 aromatic rings. The van der Waals surface area contributed by atoms with Gasteiger partial charge >= 0.3 is 0 Å². The third-order valence-corrected chi connectivity index (χ3v) is 2.17. The summed E-state index contributed by atoms with van der Waals surface area (Å²) in [5, 5.41) is 5.75. The molecule has 0 aromatic carbocycles. The fraction of sp³-hybridized carbons (Fsp3) is 0.700. The van der Waals surface area contributed by atoms with E-state index in [-0.39, 0.29) is 0 Å². The van der Waals surface area contributed by atoms with Crippen molar-refractivity contribution in [3.05, 3.63) is 11.6 Å². The molecule has 1 amide bonds. The minimum Gasteiger partial charge on any atom is -0.350 e. The summed E-state index contributed by atoms with van der Waals surface area (Å²) in [6.07, 6.45) is 2.96. The number of nitrogens with one attached hydrogen (secondary N) is 2. The molecule has 1 heterocycles. The number of carbonyl (C=O) groups is 1. The Kier molecular flexibility index (Phi) is 3.63. The van der Waals surface area contributed by atoms with Crippen molar-refractivity contribution in [2.75, 3.05) is 19.6 Å². The van der Waals surface area contributed by atoms with Crippen molar-refractivity contribution in [2.45, 2.75) is 25.9 Å². The average Bonchev–Trinajstić information content (AvgIpc) is 2.14. The van der Waals surface area contributed by atoms with Crippen LogP contribution in [0.3, 0.4) is 0 Å². The van der Waals surface area contributed by atoms with Crippen LogP contribution in [0.5, 0.6) is 0 Å². The van der Waals surface area contributed by atoms with Crippen LogP contribution in [0, 0.1) is 0 Å². The number of carbonyl (C=O) groups excluding carboxylic acids is 1. The molecule has 1 rings (SSSR count). The minimum absolute atomic E-state index is 0.466. The summed E-state index contributed by atoms with van der Waals surface area (Å²) in [6.45, 7) is 4.76. The third-order valence-electron chi connectivity index (χ3n) is 2.17. The van der Waals surface area contributed by atoms with E-state index < -0.39 is 11.6 Å². The standard InChI is InChI=1S/C10H17FN2O/c1-10(2,11)9(14)13-7-8-3-5-12-6-4-8/h3,12H,4-7H2,1-2H3,(H,13,14). The predicted molar refractivity (Wildman–Crippen MR) is 53.8 cm³/mol. The molecule has 0 aromatic heterocycles. The lowest BCUT2D eigenvalue weighted by Gasteiger charge is -2.17. The molecule has 80 valence electrons. The van der Waals surface area contributed by atoms with E-state index in [1.165, 1.54) is 19.4 Å². The monoisotopic (exact) mass is 200 g/mol. The Labute approximate surface area is 83.8 Å². The average molecular weight is 200 g/mol. The van der Waals surface area contributed by atoms with Gasteiger partial charge < -0.3 is 10.6 Å². The Morgan fingerprint density at radius 3 is 2.93 bits per heavy atom. The van der Waals surface area contributed by atoms with Crippen molar-refractivity contribution >= 4 is 5.91 Å². The molecule has 0 fully saturated rings. The molecule has 0 aliphatic carbocycles. The minimum atomic E-state index is -1.78. The molecule has 0 saturated heterocycles. The number of amides is 1. The van der Waals surface area contributed by atoms with Crippen LogP contribution in [0.2, 0.25) is 0 Å². The first kappa shape index (κ1) is 11.2. The fourth-order valence-electron chi connectivity index (χ4n) is 1.23. The van der Waals surface area contributed by atoms with Crippen molar-refractivity contribution < 1.29 is 9.18 Å². The maximum Gasteiger partial charge on any atom is 0.257 e. The number of alkyl halides is 1. The SMILES string of the molecule is CC(C)(F)C(=O)NCC1=CCNCC1. The lowest BCUT2D eigenvalue weighted by atomic mass is 10.1. The van der Waals surface area contributed by atoms with Gasteiger partial charge in [0.15, 0.2) is 5.67 Å². The van der Waals surface area contributed by atoms with Crippen molar-refractivity contribution in [3.63, 3.8) is 0 Å². The zero-order valence-corrected chi connectivity index (χ0v) is 8.69. The Morgan fingerprint density at radius 1 is 1.71 bits per heavy atom. The van der Waals surface area contributed by atoms with Crippen molar-refractivity contribution in [2.24, 2.45) is 0 Å². The molecule has 0 saturated carbocycles. The lowest BCUT2D eigenvalue weighted by Crippen LogP contribution is -2.40. The smallest absolute Gasteiger partial charge is 0.257 e. The molecule has 0 spiro atoms. The van der Waals surface area contributed by atoms with Gasteiger partial charge in [-0.3, -0.25) is 4.79 Å². The van der Waals surface area contributed by atoms with E-state index in [0.29, 0.717) is 6.54 Å². The zero-order chi connectivity index (χ0) is 10.6. The fourth-order valence-corrected chi connectivity index (χ4v) is 1.23. The van der Waals surface area contributed by atoms with Crippen LogP contribution in [0.25, 0.3) is 0 Å². The van der Waals surface area contributed by atoms with Crippen LogP contribution >= 0.6 is 0 Å². The van der Waals surface area contributed by atoms with E-state index in [2.05, 4.69) is 10.6 Å². The van der Waals surface area contributed by atoms with Crippen molar-refractivity contribution in [1.29, 1.82) is 0 Å². The number of halogens is 1. The van der Waals surface area contributed by atoms with Crippen LogP contribution in [0.1, 0.15) is 20.3 Å². The molecule has 2 N–H and O–H groups in total. The molecule has 0 bridgehead atoms. The molecule has 0 radical (unpaired) electrons. The highest BCUT2D eigenvalue weighted by Crippen LogP contribution is 2.08. The van der Waals surface area contributed by atoms with Crippen molar-refractivity contribution in [3.8, 4) is 0 Å². The molecular formula is C10H17FN2O. The molecule has 1 aliphatic heterocycles. The molecular weight excluding hydrogens is 183 g/mol. The van der Waals surface area contributed by atoms with Crippen LogP contribution in [0.4, 0.5) is 4.39 Å². The van der Waals surface area contributed by atoms with E-state index >= 15 is 0 Å². The second-order valence-electron chi connectivity index (χ2n) is 3.97. The summed E-state index contributed by atoms with van der Waals surface area (Å²) < 4.78 is 13.1. The quantitative estimate of drug-likeness (QED) is 0.661. The van der Waals surface area contributed by atoms with E-state index in [4.69, 9.17) is 0 Å². The highest BCUT2D eigenvalue weighted by atomic mass is 19.1. The molecule has 14 heavy (non-hydrogen) atoms. The Bertz CT molecular complexity index is 243. The Morgan fingerprint density at radius 2 is 2.43 bits per heavy atom. The van der Waals surface area contributed by atoms with Gasteiger partial charge in [-0.15, -0.1) is 0 Å². The van der Waals surface area contributed by atoms with Gasteiger partial charge in [0, 0.05) is 13.1 Å². The summed E-state index contributed by atoms with van der Waals surface area (Å²) in [5.41, 5.74) is -0.616. The first-order valence-corrected chi connectivity index (χ1v) is 4.86. The molecule has 0 unspecified atom stereocenters. The van der Waals surface area contributed by atoms with Gasteiger partial charge in [-0.2, -0.15) is 0 Å². The van der Waals surface area contributed by atoms with Gasteiger partial charge in [0.2, 0.25) is 0 Å². The van der Waals surface area contributed by atoms with E-state index in [9.17, 15) is 9.18 Å². The van der Waals surface area contributed by atoms with Crippen LogP contribution in [-0.2, 0) is 4.79 Å².